The highest BCUT2D eigenvalue weighted by Gasteiger charge is 2.22. The van der Waals surface area contributed by atoms with Crippen LogP contribution in [0.2, 0.25) is 0 Å². The Balaban J connectivity index is 1.37. The van der Waals surface area contributed by atoms with Crippen LogP contribution < -0.4 is 25.4 Å². The van der Waals surface area contributed by atoms with E-state index >= 15 is 0 Å². The fourth-order valence-corrected chi connectivity index (χ4v) is 7.59. The molecule has 0 heterocycles. The SMILES string of the molecule is CCCCc1ccc(S(=O)(=O)Nc2ccc(NC(=O)CCC(=O)Nc3ccc(NS(=O)(=O)c4ccc(CCCC)cc4)c(C(=O)NC)c3)cc2C(=O)O)cc1. The van der Waals surface area contributed by atoms with E-state index in [-0.39, 0.29) is 50.9 Å². The fourth-order valence-electron chi connectivity index (χ4n) is 5.44. The zero-order valence-electron chi connectivity index (χ0n) is 30.8. The van der Waals surface area contributed by atoms with Gasteiger partial charge in [-0.3, -0.25) is 23.8 Å². The quantitative estimate of drug-likeness (QED) is 0.0619. The van der Waals surface area contributed by atoms with Gasteiger partial charge in [-0.2, -0.15) is 0 Å². The number of hydrogen-bond donors (Lipinski definition) is 6. The van der Waals surface area contributed by atoms with Gasteiger partial charge in [-0.15, -0.1) is 0 Å². The van der Waals surface area contributed by atoms with Crippen LogP contribution in [0.15, 0.2) is 94.7 Å². The standard InChI is InChI=1S/C39H45N5O9S2/c1-4-6-8-26-10-16-30(17-11-26)54(50,51)43-34-20-14-28(24-32(34)38(47)40-3)41-36(45)22-23-37(46)42-29-15-21-35(33(25-29)39(48)49)44-55(52,53)31-18-12-27(13-19-31)9-7-5-2/h10-21,24-25,43-44H,4-9,22-23H2,1-3H3,(H,40,47)(H,41,45)(H,42,46)(H,48,49). The highest BCUT2D eigenvalue weighted by atomic mass is 32.2. The molecule has 0 radical (unpaired) electrons. The number of anilines is 4. The third kappa shape index (κ3) is 11.9. The molecule has 6 N–H and O–H groups in total. The molecule has 4 aromatic rings. The Morgan fingerprint density at radius 3 is 1.36 bits per heavy atom. The van der Waals surface area contributed by atoms with Crippen molar-refractivity contribution in [3.05, 3.63) is 107 Å². The lowest BCUT2D eigenvalue weighted by Gasteiger charge is -2.14. The Labute approximate surface area is 321 Å². The van der Waals surface area contributed by atoms with E-state index in [2.05, 4.69) is 39.2 Å². The Kier molecular flexibility index (Phi) is 14.5. The second kappa shape index (κ2) is 19.0. The van der Waals surface area contributed by atoms with Crippen LogP contribution in [0.25, 0.3) is 0 Å². The Hall–Kier alpha value is -5.74. The van der Waals surface area contributed by atoms with E-state index in [4.69, 9.17) is 0 Å². The van der Waals surface area contributed by atoms with Gasteiger partial charge in [0, 0.05) is 31.3 Å². The summed E-state index contributed by atoms with van der Waals surface area (Å²) >= 11 is 0. The summed E-state index contributed by atoms with van der Waals surface area (Å²) in [5, 5.41) is 17.3. The zero-order valence-corrected chi connectivity index (χ0v) is 32.4. The number of hydrogen-bond acceptors (Lipinski definition) is 8. The third-order valence-electron chi connectivity index (χ3n) is 8.48. The molecule has 0 aliphatic carbocycles. The molecule has 0 atom stereocenters. The molecule has 0 saturated heterocycles. The minimum atomic E-state index is -4.12. The summed E-state index contributed by atoms with van der Waals surface area (Å²) in [6.45, 7) is 4.13. The number of carbonyl (C=O) groups is 4. The van der Waals surface area contributed by atoms with Crippen LogP contribution in [-0.2, 0) is 42.5 Å². The molecule has 4 rings (SSSR count). The molecule has 0 aliphatic heterocycles. The molecule has 0 fully saturated rings. The summed E-state index contributed by atoms with van der Waals surface area (Å²) in [4.78, 5) is 50.2. The highest BCUT2D eigenvalue weighted by Crippen LogP contribution is 2.26. The molecule has 0 spiro atoms. The minimum absolute atomic E-state index is 0.0113. The number of carboxylic acids is 1. The van der Waals surface area contributed by atoms with Crippen LogP contribution in [0.4, 0.5) is 22.7 Å². The van der Waals surface area contributed by atoms with Crippen molar-refractivity contribution in [2.75, 3.05) is 27.1 Å². The van der Waals surface area contributed by atoms with Gasteiger partial charge in [0.1, 0.15) is 0 Å². The number of amides is 3. The number of aryl methyl sites for hydroxylation is 2. The van der Waals surface area contributed by atoms with Crippen LogP contribution >= 0.6 is 0 Å². The van der Waals surface area contributed by atoms with Crippen LogP contribution in [0, 0.1) is 0 Å². The molecule has 4 aromatic carbocycles. The predicted octanol–water partition coefficient (Wildman–Crippen LogP) is 6.39. The molecule has 0 saturated carbocycles. The molecule has 0 bridgehead atoms. The van der Waals surface area contributed by atoms with Crippen molar-refractivity contribution in [2.24, 2.45) is 0 Å². The molecule has 16 heteroatoms. The zero-order chi connectivity index (χ0) is 40.2. The van der Waals surface area contributed by atoms with Crippen LogP contribution in [0.3, 0.4) is 0 Å². The van der Waals surface area contributed by atoms with Crippen molar-refractivity contribution in [1.29, 1.82) is 0 Å². The smallest absolute Gasteiger partial charge is 0.337 e. The summed E-state index contributed by atoms with van der Waals surface area (Å²) < 4.78 is 57.0. The van der Waals surface area contributed by atoms with Crippen LogP contribution in [0.1, 0.15) is 84.2 Å². The monoisotopic (exact) mass is 791 g/mol. The molecule has 0 aromatic heterocycles. The summed E-state index contributed by atoms with van der Waals surface area (Å²) in [5.41, 5.74) is 1.55. The second-order valence-electron chi connectivity index (χ2n) is 12.7. The van der Waals surface area contributed by atoms with Crippen molar-refractivity contribution < 1.29 is 41.1 Å². The van der Waals surface area contributed by atoms with Gasteiger partial charge in [-0.25, -0.2) is 21.6 Å². The number of benzene rings is 4. The lowest BCUT2D eigenvalue weighted by atomic mass is 10.1. The van der Waals surface area contributed by atoms with Crippen molar-refractivity contribution in [3.8, 4) is 0 Å². The first-order valence-corrected chi connectivity index (χ1v) is 20.7. The number of rotatable bonds is 19. The summed E-state index contributed by atoms with van der Waals surface area (Å²) in [5.74, 6) is -3.27. The summed E-state index contributed by atoms with van der Waals surface area (Å²) in [7, 11) is -6.80. The summed E-state index contributed by atoms with van der Waals surface area (Å²) in [6.07, 6.45) is 4.97. The topological polar surface area (TPSA) is 217 Å². The van der Waals surface area contributed by atoms with E-state index in [1.807, 2.05) is 0 Å². The first kappa shape index (κ1) is 42.0. The average molecular weight is 792 g/mol. The molecular weight excluding hydrogens is 747 g/mol. The fraction of sp³-hybridized carbons (Fsp3) is 0.282. The van der Waals surface area contributed by atoms with Gasteiger partial charge in [-0.1, -0.05) is 51.0 Å². The van der Waals surface area contributed by atoms with Gasteiger partial charge in [0.2, 0.25) is 11.8 Å². The highest BCUT2D eigenvalue weighted by molar-refractivity contribution is 7.93. The number of carboxylic acid groups (broad SMARTS) is 1. The van der Waals surface area contributed by atoms with Gasteiger partial charge < -0.3 is 21.1 Å². The van der Waals surface area contributed by atoms with Gasteiger partial charge in [-0.05, 0) is 97.5 Å². The number of unbranched alkanes of at least 4 members (excludes halogenated alkanes) is 2. The van der Waals surface area contributed by atoms with Crippen LogP contribution in [-0.4, -0.2) is 52.7 Å². The minimum Gasteiger partial charge on any atom is -0.478 e. The van der Waals surface area contributed by atoms with Gasteiger partial charge in [0.15, 0.2) is 0 Å². The number of nitrogens with one attached hydrogen (secondary N) is 5. The van der Waals surface area contributed by atoms with E-state index in [9.17, 15) is 41.1 Å². The maximum absolute atomic E-state index is 13.1. The first-order valence-electron chi connectivity index (χ1n) is 17.7. The molecule has 55 heavy (non-hydrogen) atoms. The normalized spacial score (nSPS) is 11.3. The Morgan fingerprint density at radius 2 is 0.982 bits per heavy atom. The molecule has 292 valence electrons. The maximum atomic E-state index is 13.1. The molecule has 14 nitrogen and oxygen atoms in total. The van der Waals surface area contributed by atoms with Gasteiger partial charge in [0.25, 0.3) is 26.0 Å². The maximum Gasteiger partial charge on any atom is 0.337 e. The molecule has 3 amide bonds. The largest absolute Gasteiger partial charge is 0.478 e. The Morgan fingerprint density at radius 1 is 0.582 bits per heavy atom. The predicted molar refractivity (Wildman–Crippen MR) is 211 cm³/mol. The third-order valence-corrected chi connectivity index (χ3v) is 11.2. The van der Waals surface area contributed by atoms with Gasteiger partial charge in [0.05, 0.1) is 32.3 Å². The first-order chi connectivity index (χ1) is 26.1. The van der Waals surface area contributed by atoms with E-state index in [1.165, 1.54) is 61.6 Å². The Bertz CT molecular complexity index is 2240. The molecule has 0 aliphatic rings. The second-order valence-corrected chi connectivity index (χ2v) is 16.1. The van der Waals surface area contributed by atoms with E-state index in [0.29, 0.717) is 0 Å². The van der Waals surface area contributed by atoms with Crippen molar-refractivity contribution in [3.63, 3.8) is 0 Å². The van der Waals surface area contributed by atoms with Crippen LogP contribution in [0.5, 0.6) is 0 Å². The molecule has 0 unspecified atom stereocenters. The van der Waals surface area contributed by atoms with E-state index < -0.39 is 49.3 Å². The van der Waals surface area contributed by atoms with Gasteiger partial charge >= 0.3 is 5.97 Å². The average Bonchev–Trinajstić information content (AvgIpc) is 3.16. The summed E-state index contributed by atoms with van der Waals surface area (Å²) in [6, 6.07) is 20.5. The lowest BCUT2D eigenvalue weighted by molar-refractivity contribution is -0.121. The lowest BCUT2D eigenvalue weighted by Crippen LogP contribution is -2.22. The van der Waals surface area contributed by atoms with Crippen molar-refractivity contribution >= 4 is 66.5 Å². The van der Waals surface area contributed by atoms with Crippen molar-refractivity contribution in [2.45, 2.75) is 75.0 Å². The number of aromatic carboxylic acids is 1. The van der Waals surface area contributed by atoms with E-state index in [0.717, 1.165) is 55.7 Å². The number of carbonyl (C=O) groups excluding carboxylic acids is 3. The van der Waals surface area contributed by atoms with Crippen molar-refractivity contribution in [1.82, 2.24) is 5.32 Å². The number of sulfonamides is 2. The van der Waals surface area contributed by atoms with E-state index in [1.54, 1.807) is 24.3 Å². The molecular formula is C39H45N5O9S2.